The van der Waals surface area contributed by atoms with Gasteiger partial charge in [0.05, 0.1) is 11.6 Å². The molecule has 0 aromatic heterocycles. The van der Waals surface area contributed by atoms with Crippen molar-refractivity contribution >= 4 is 35.0 Å². The van der Waals surface area contributed by atoms with Crippen LogP contribution in [0.15, 0.2) is 54.1 Å². The van der Waals surface area contributed by atoms with Gasteiger partial charge >= 0.3 is 5.97 Å². The molecular formula is C19H13ClFNO5. The van der Waals surface area contributed by atoms with E-state index in [4.69, 9.17) is 16.7 Å². The van der Waals surface area contributed by atoms with E-state index in [9.17, 15) is 23.9 Å². The Balaban J connectivity index is 2.19. The van der Waals surface area contributed by atoms with Crippen molar-refractivity contribution in [1.82, 2.24) is 4.90 Å². The number of carbonyl (C=O) groups is 3. The van der Waals surface area contributed by atoms with Crippen LogP contribution in [0.3, 0.4) is 0 Å². The Morgan fingerprint density at radius 2 is 1.63 bits per heavy atom. The molecule has 1 aliphatic heterocycles. The van der Waals surface area contributed by atoms with Gasteiger partial charge < -0.3 is 15.1 Å². The van der Waals surface area contributed by atoms with Gasteiger partial charge in [0.15, 0.2) is 0 Å². The molecular weight excluding hydrogens is 377 g/mol. The Morgan fingerprint density at radius 1 is 1.04 bits per heavy atom. The van der Waals surface area contributed by atoms with Gasteiger partial charge in [-0.25, -0.2) is 4.39 Å². The summed E-state index contributed by atoms with van der Waals surface area (Å²) < 4.78 is 13.3. The lowest BCUT2D eigenvalue weighted by Crippen LogP contribution is -2.34. The van der Waals surface area contributed by atoms with Crippen molar-refractivity contribution in [3.63, 3.8) is 0 Å². The quantitative estimate of drug-likeness (QED) is 0.476. The van der Waals surface area contributed by atoms with Crippen LogP contribution in [0.1, 0.15) is 17.2 Å². The van der Waals surface area contributed by atoms with Crippen molar-refractivity contribution in [1.29, 1.82) is 0 Å². The van der Waals surface area contributed by atoms with Crippen LogP contribution in [0.4, 0.5) is 4.39 Å². The number of hydrogen-bond acceptors (Lipinski definition) is 4. The summed E-state index contributed by atoms with van der Waals surface area (Å²) in [5.74, 6) is -4.39. The minimum Gasteiger partial charge on any atom is -0.507 e. The Hall–Kier alpha value is -3.19. The van der Waals surface area contributed by atoms with Crippen LogP contribution >= 0.6 is 11.6 Å². The van der Waals surface area contributed by atoms with Crippen molar-refractivity contribution in [2.24, 2.45) is 0 Å². The monoisotopic (exact) mass is 389 g/mol. The number of aliphatic hydroxyl groups excluding tert-OH is 1. The normalized spacial score (nSPS) is 18.7. The van der Waals surface area contributed by atoms with Crippen molar-refractivity contribution in [3.8, 4) is 0 Å². The van der Waals surface area contributed by atoms with E-state index in [0.29, 0.717) is 10.6 Å². The first-order valence-corrected chi connectivity index (χ1v) is 8.19. The number of carboxylic acid groups (broad SMARTS) is 1. The van der Waals surface area contributed by atoms with Gasteiger partial charge in [-0.15, -0.1) is 0 Å². The predicted molar refractivity (Wildman–Crippen MR) is 94.5 cm³/mol. The lowest BCUT2D eigenvalue weighted by Gasteiger charge is -2.23. The highest BCUT2D eigenvalue weighted by Crippen LogP contribution is 2.39. The molecule has 1 aliphatic rings. The van der Waals surface area contributed by atoms with Gasteiger partial charge in [0.1, 0.15) is 18.1 Å². The van der Waals surface area contributed by atoms with Gasteiger partial charge in [-0.05, 0) is 42.0 Å². The smallest absolute Gasteiger partial charge is 0.323 e. The molecule has 1 amide bonds. The lowest BCUT2D eigenvalue weighted by molar-refractivity contribution is -0.146. The number of halogens is 2. The zero-order valence-corrected chi connectivity index (χ0v) is 14.5. The Morgan fingerprint density at radius 3 is 2.19 bits per heavy atom. The molecule has 0 spiro atoms. The summed E-state index contributed by atoms with van der Waals surface area (Å²) in [6.45, 7) is -0.746. The van der Waals surface area contributed by atoms with Crippen LogP contribution in [0.5, 0.6) is 0 Å². The molecule has 8 heteroatoms. The molecule has 6 nitrogen and oxygen atoms in total. The van der Waals surface area contributed by atoms with Gasteiger partial charge in [-0.2, -0.15) is 0 Å². The molecule has 1 heterocycles. The summed E-state index contributed by atoms with van der Waals surface area (Å²) in [6.07, 6.45) is 0. The summed E-state index contributed by atoms with van der Waals surface area (Å²) in [5.41, 5.74) is 0.266. The van der Waals surface area contributed by atoms with E-state index >= 15 is 0 Å². The summed E-state index contributed by atoms with van der Waals surface area (Å²) in [7, 11) is 0. The maximum atomic E-state index is 13.3. The van der Waals surface area contributed by atoms with Gasteiger partial charge in [0.2, 0.25) is 0 Å². The van der Waals surface area contributed by atoms with E-state index in [0.717, 1.165) is 17.0 Å². The summed E-state index contributed by atoms with van der Waals surface area (Å²) in [5, 5.41) is 20.2. The van der Waals surface area contributed by atoms with Gasteiger partial charge in [-0.1, -0.05) is 23.7 Å². The van der Waals surface area contributed by atoms with E-state index in [1.54, 1.807) is 0 Å². The Labute approximate surface area is 158 Å². The van der Waals surface area contributed by atoms with E-state index in [2.05, 4.69) is 0 Å². The lowest BCUT2D eigenvalue weighted by atomic mass is 9.95. The third-order valence-electron chi connectivity index (χ3n) is 4.15. The first-order valence-electron chi connectivity index (χ1n) is 7.81. The number of ketones is 1. The molecule has 0 radical (unpaired) electrons. The first-order chi connectivity index (χ1) is 12.8. The van der Waals surface area contributed by atoms with Gasteiger partial charge in [-0.3, -0.25) is 14.4 Å². The predicted octanol–water partition coefficient (Wildman–Crippen LogP) is 2.99. The zero-order valence-electron chi connectivity index (χ0n) is 13.7. The number of benzene rings is 2. The number of carboxylic acids is 1. The van der Waals surface area contributed by atoms with E-state index in [1.807, 2.05) is 0 Å². The van der Waals surface area contributed by atoms with Crippen molar-refractivity contribution < 1.29 is 29.0 Å². The summed E-state index contributed by atoms with van der Waals surface area (Å²) >= 11 is 5.82. The second-order valence-corrected chi connectivity index (χ2v) is 6.32. The highest BCUT2D eigenvalue weighted by molar-refractivity contribution is 6.46. The van der Waals surface area contributed by atoms with Crippen LogP contribution in [0.2, 0.25) is 5.02 Å². The zero-order chi connectivity index (χ0) is 19.7. The molecule has 0 unspecified atom stereocenters. The van der Waals surface area contributed by atoms with Crippen LogP contribution in [0.25, 0.3) is 5.76 Å². The Bertz CT molecular complexity index is 953. The van der Waals surface area contributed by atoms with Crippen LogP contribution < -0.4 is 0 Å². The highest BCUT2D eigenvalue weighted by atomic mass is 35.5. The number of Topliss-reactive ketones (excluding diaryl/α,β-unsaturated/α-hetero) is 1. The Kier molecular flexibility index (Phi) is 4.96. The number of amides is 1. The molecule has 1 fully saturated rings. The van der Waals surface area contributed by atoms with E-state index < -0.39 is 41.8 Å². The SMILES string of the molecule is O=C(O)CN1C(=O)C(=O)C(=C(O)c2ccc(Cl)cc2)[C@@H]1c1ccc(F)cc1. The number of aliphatic carboxylic acids is 1. The van der Waals surface area contributed by atoms with Crippen molar-refractivity contribution in [2.75, 3.05) is 6.54 Å². The number of likely N-dealkylation sites (tertiary alicyclic amines) is 1. The fourth-order valence-electron chi connectivity index (χ4n) is 2.94. The molecule has 2 aromatic carbocycles. The molecule has 0 aliphatic carbocycles. The van der Waals surface area contributed by atoms with E-state index in [1.165, 1.54) is 36.4 Å². The number of aliphatic hydroxyl groups is 1. The molecule has 0 saturated carbocycles. The average molecular weight is 390 g/mol. The first kappa shape index (κ1) is 18.6. The fraction of sp³-hybridized carbons (Fsp3) is 0.105. The maximum absolute atomic E-state index is 13.3. The largest absolute Gasteiger partial charge is 0.507 e. The van der Waals surface area contributed by atoms with Crippen LogP contribution in [0, 0.1) is 5.82 Å². The standard InChI is InChI=1S/C19H13ClFNO5/c20-12-5-1-11(2-6-12)17(25)15-16(10-3-7-13(21)8-4-10)22(9-14(23)24)19(27)18(15)26/h1-8,16,25H,9H2,(H,23,24)/t16-/m0/s1. The van der Waals surface area contributed by atoms with Crippen molar-refractivity contribution in [2.45, 2.75) is 6.04 Å². The average Bonchev–Trinajstić information content (AvgIpc) is 2.87. The summed E-state index contributed by atoms with van der Waals surface area (Å²) in [4.78, 5) is 36.9. The molecule has 138 valence electrons. The molecule has 2 N–H and O–H groups in total. The van der Waals surface area contributed by atoms with Gasteiger partial charge in [0.25, 0.3) is 11.7 Å². The minimum atomic E-state index is -1.32. The van der Waals surface area contributed by atoms with Crippen LogP contribution in [-0.2, 0) is 14.4 Å². The fourth-order valence-corrected chi connectivity index (χ4v) is 3.07. The topological polar surface area (TPSA) is 94.9 Å². The van der Waals surface area contributed by atoms with Crippen molar-refractivity contribution in [3.05, 3.63) is 76.1 Å². The molecule has 2 aromatic rings. The highest BCUT2D eigenvalue weighted by Gasteiger charge is 2.46. The second-order valence-electron chi connectivity index (χ2n) is 5.88. The third-order valence-corrected chi connectivity index (χ3v) is 4.40. The number of rotatable bonds is 4. The van der Waals surface area contributed by atoms with Crippen LogP contribution in [-0.4, -0.2) is 39.3 Å². The number of hydrogen-bond donors (Lipinski definition) is 2. The third kappa shape index (κ3) is 3.54. The minimum absolute atomic E-state index is 0.236. The molecule has 3 rings (SSSR count). The number of nitrogens with zero attached hydrogens (tertiary/aromatic N) is 1. The van der Waals surface area contributed by atoms with Gasteiger partial charge in [0, 0.05) is 10.6 Å². The molecule has 27 heavy (non-hydrogen) atoms. The molecule has 1 atom stereocenters. The maximum Gasteiger partial charge on any atom is 0.323 e. The molecule has 0 bridgehead atoms. The molecule has 1 saturated heterocycles. The van der Waals surface area contributed by atoms with E-state index in [-0.39, 0.29) is 11.1 Å². The summed E-state index contributed by atoms with van der Waals surface area (Å²) in [6, 6.07) is 9.67. The number of carbonyl (C=O) groups excluding carboxylic acids is 2. The second kappa shape index (κ2) is 7.20.